The monoisotopic (exact) mass is 258 g/mol. The summed E-state index contributed by atoms with van der Waals surface area (Å²) in [6, 6.07) is 0. The molecule has 2 heterocycles. The van der Waals surface area contributed by atoms with Crippen molar-refractivity contribution in [2.24, 2.45) is 0 Å². The summed E-state index contributed by atoms with van der Waals surface area (Å²) in [5, 5.41) is 10.0. The van der Waals surface area contributed by atoms with Gasteiger partial charge in [0.25, 0.3) is 0 Å². The van der Waals surface area contributed by atoms with Crippen LogP contribution < -0.4 is 0 Å². The molecule has 1 amide bonds. The number of aliphatic hydroxyl groups is 1. The van der Waals surface area contributed by atoms with Gasteiger partial charge in [-0.1, -0.05) is 0 Å². The van der Waals surface area contributed by atoms with Crippen molar-refractivity contribution in [2.75, 3.05) is 44.2 Å². The number of carbonyl (C=O) groups is 1. The smallest absolute Gasteiger partial charge is 0.222 e. The molecule has 2 fully saturated rings. The summed E-state index contributed by atoms with van der Waals surface area (Å²) < 4.78 is 0. The minimum absolute atomic E-state index is 0.204. The first-order chi connectivity index (χ1) is 8.25. The van der Waals surface area contributed by atoms with Gasteiger partial charge in [0.1, 0.15) is 0 Å². The molecule has 2 aliphatic heterocycles. The molecule has 4 nitrogen and oxygen atoms in total. The molecule has 0 spiro atoms. The van der Waals surface area contributed by atoms with Crippen molar-refractivity contribution < 1.29 is 9.90 Å². The quantitative estimate of drug-likeness (QED) is 0.793. The number of hydrogen-bond donors (Lipinski definition) is 1. The summed E-state index contributed by atoms with van der Waals surface area (Å²) in [4.78, 5) is 15.6. The minimum atomic E-state index is -0.389. The predicted molar refractivity (Wildman–Crippen MR) is 70.2 cm³/mol. The van der Waals surface area contributed by atoms with Crippen molar-refractivity contribution in [2.45, 2.75) is 25.4 Å². The van der Waals surface area contributed by atoms with E-state index >= 15 is 0 Å². The SMILES string of the molecule is O=C1CCCN1CC(O)CN1CCCSCC1. The fraction of sp³-hybridized carbons (Fsp3) is 0.917. The van der Waals surface area contributed by atoms with Crippen molar-refractivity contribution in [3.63, 3.8) is 0 Å². The first-order valence-electron chi connectivity index (χ1n) is 6.51. The Morgan fingerprint density at radius 2 is 2.06 bits per heavy atom. The Kier molecular flexibility index (Phi) is 5.13. The maximum absolute atomic E-state index is 11.5. The number of amides is 1. The number of hydrogen-bond acceptors (Lipinski definition) is 4. The molecule has 1 atom stereocenters. The van der Waals surface area contributed by atoms with Gasteiger partial charge in [-0.3, -0.25) is 9.69 Å². The lowest BCUT2D eigenvalue weighted by Crippen LogP contribution is -2.41. The molecule has 1 N–H and O–H groups in total. The van der Waals surface area contributed by atoms with Crippen LogP contribution in [0.1, 0.15) is 19.3 Å². The van der Waals surface area contributed by atoms with Crippen LogP contribution in [0.2, 0.25) is 0 Å². The van der Waals surface area contributed by atoms with Crippen LogP contribution in [-0.4, -0.2) is 71.1 Å². The standard InChI is InChI=1S/C12H22N2O2S/c15-11(10-14-5-1-3-12(14)16)9-13-4-2-7-17-8-6-13/h11,15H,1-10H2. The van der Waals surface area contributed by atoms with Gasteiger partial charge >= 0.3 is 0 Å². The largest absolute Gasteiger partial charge is 0.390 e. The maximum Gasteiger partial charge on any atom is 0.222 e. The fourth-order valence-corrected chi connectivity index (χ4v) is 3.41. The van der Waals surface area contributed by atoms with Gasteiger partial charge in [-0.25, -0.2) is 0 Å². The summed E-state index contributed by atoms with van der Waals surface area (Å²) in [5.41, 5.74) is 0. The van der Waals surface area contributed by atoms with Crippen molar-refractivity contribution in [3.05, 3.63) is 0 Å². The fourth-order valence-electron chi connectivity index (χ4n) is 2.49. The summed E-state index contributed by atoms with van der Waals surface area (Å²) in [5.74, 6) is 2.60. The van der Waals surface area contributed by atoms with Crippen LogP contribution in [0.15, 0.2) is 0 Å². The van der Waals surface area contributed by atoms with Crippen LogP contribution in [0.5, 0.6) is 0 Å². The Hall–Kier alpha value is -0.260. The van der Waals surface area contributed by atoms with Gasteiger partial charge in [0, 0.05) is 38.4 Å². The molecule has 0 aromatic rings. The van der Waals surface area contributed by atoms with Crippen LogP contribution in [0.3, 0.4) is 0 Å². The highest BCUT2D eigenvalue weighted by atomic mass is 32.2. The van der Waals surface area contributed by atoms with Crippen molar-refractivity contribution in [1.29, 1.82) is 0 Å². The van der Waals surface area contributed by atoms with E-state index in [0.717, 1.165) is 31.8 Å². The summed E-state index contributed by atoms with van der Waals surface area (Å²) >= 11 is 1.99. The van der Waals surface area contributed by atoms with E-state index in [1.807, 2.05) is 11.8 Å². The second kappa shape index (κ2) is 6.61. The summed E-state index contributed by atoms with van der Waals surface area (Å²) in [7, 11) is 0. The summed E-state index contributed by atoms with van der Waals surface area (Å²) in [6.45, 7) is 4.20. The molecular formula is C12H22N2O2S. The normalized spacial score (nSPS) is 25.0. The van der Waals surface area contributed by atoms with Gasteiger partial charge in [-0.15, -0.1) is 0 Å². The molecule has 0 bridgehead atoms. The highest BCUT2D eigenvalue weighted by molar-refractivity contribution is 7.99. The first kappa shape index (κ1) is 13.2. The lowest BCUT2D eigenvalue weighted by Gasteiger charge is -2.26. The van der Waals surface area contributed by atoms with Crippen LogP contribution in [0.25, 0.3) is 0 Å². The van der Waals surface area contributed by atoms with Crippen LogP contribution in [0, 0.1) is 0 Å². The highest BCUT2D eigenvalue weighted by Crippen LogP contribution is 2.12. The van der Waals surface area contributed by atoms with Crippen LogP contribution in [-0.2, 0) is 4.79 Å². The Labute approximate surface area is 107 Å². The number of likely N-dealkylation sites (tertiary alicyclic amines) is 1. The van der Waals surface area contributed by atoms with E-state index in [-0.39, 0.29) is 12.0 Å². The van der Waals surface area contributed by atoms with Gasteiger partial charge < -0.3 is 10.0 Å². The van der Waals surface area contributed by atoms with E-state index < -0.39 is 0 Å². The van der Waals surface area contributed by atoms with Gasteiger partial charge in [0.15, 0.2) is 0 Å². The number of aliphatic hydroxyl groups excluding tert-OH is 1. The molecule has 0 aliphatic carbocycles. The zero-order chi connectivity index (χ0) is 12.1. The molecule has 1 unspecified atom stereocenters. The Morgan fingerprint density at radius 3 is 2.82 bits per heavy atom. The number of β-amino-alcohol motifs (C(OH)–C–C–N with tert-alkyl or cyclic N) is 1. The second-order valence-electron chi connectivity index (χ2n) is 4.86. The Bertz CT molecular complexity index is 255. The van der Waals surface area contributed by atoms with E-state index in [4.69, 9.17) is 0 Å². The van der Waals surface area contributed by atoms with Gasteiger partial charge in [0.05, 0.1) is 6.10 Å². The molecule has 0 saturated carbocycles. The Morgan fingerprint density at radius 1 is 1.18 bits per heavy atom. The van der Waals surface area contributed by atoms with Crippen LogP contribution >= 0.6 is 11.8 Å². The average Bonchev–Trinajstić information content (AvgIpc) is 2.55. The zero-order valence-corrected chi connectivity index (χ0v) is 11.1. The third-order valence-electron chi connectivity index (χ3n) is 3.39. The van der Waals surface area contributed by atoms with E-state index in [2.05, 4.69) is 4.90 Å². The van der Waals surface area contributed by atoms with Crippen LogP contribution in [0.4, 0.5) is 0 Å². The number of carbonyl (C=O) groups excluding carboxylic acids is 1. The molecule has 0 aromatic heterocycles. The van der Waals surface area contributed by atoms with Crippen molar-refractivity contribution >= 4 is 17.7 Å². The third-order valence-corrected chi connectivity index (χ3v) is 4.43. The highest BCUT2D eigenvalue weighted by Gasteiger charge is 2.23. The minimum Gasteiger partial charge on any atom is -0.390 e. The molecule has 98 valence electrons. The lowest BCUT2D eigenvalue weighted by atomic mass is 10.3. The third kappa shape index (κ3) is 4.16. The van der Waals surface area contributed by atoms with E-state index in [1.165, 1.54) is 12.2 Å². The number of nitrogens with zero attached hydrogens (tertiary/aromatic N) is 2. The lowest BCUT2D eigenvalue weighted by molar-refractivity contribution is -0.129. The molecular weight excluding hydrogens is 236 g/mol. The van der Waals surface area contributed by atoms with E-state index in [9.17, 15) is 9.90 Å². The van der Waals surface area contributed by atoms with Gasteiger partial charge in [-0.05, 0) is 25.1 Å². The molecule has 2 rings (SSSR count). The molecule has 0 radical (unpaired) electrons. The van der Waals surface area contributed by atoms with E-state index in [0.29, 0.717) is 19.5 Å². The zero-order valence-electron chi connectivity index (χ0n) is 10.3. The van der Waals surface area contributed by atoms with E-state index in [1.54, 1.807) is 4.90 Å². The van der Waals surface area contributed by atoms with Crippen molar-refractivity contribution in [3.8, 4) is 0 Å². The predicted octanol–water partition coefficient (Wildman–Crippen LogP) is 0.409. The average molecular weight is 258 g/mol. The number of rotatable bonds is 4. The molecule has 2 aliphatic rings. The second-order valence-corrected chi connectivity index (χ2v) is 6.09. The number of thioether (sulfide) groups is 1. The molecule has 0 aromatic carbocycles. The van der Waals surface area contributed by atoms with Gasteiger partial charge in [-0.2, -0.15) is 11.8 Å². The van der Waals surface area contributed by atoms with Gasteiger partial charge in [0.2, 0.25) is 5.91 Å². The Balaban J connectivity index is 1.72. The molecule has 17 heavy (non-hydrogen) atoms. The topological polar surface area (TPSA) is 43.8 Å². The molecule has 2 saturated heterocycles. The first-order valence-corrected chi connectivity index (χ1v) is 7.67. The van der Waals surface area contributed by atoms with Crippen molar-refractivity contribution in [1.82, 2.24) is 9.80 Å². The summed E-state index contributed by atoms with van der Waals surface area (Å²) in [6.07, 6.45) is 2.43. The molecule has 5 heteroatoms. The maximum atomic E-state index is 11.5.